The maximum Gasteiger partial charge on any atom is 0.162 e. The Kier molecular flexibility index (Phi) is 6.55. The number of halogens is 1. The second-order valence-corrected chi connectivity index (χ2v) is 8.72. The molecule has 2 aromatic carbocycles. The van der Waals surface area contributed by atoms with Crippen molar-refractivity contribution in [3.8, 4) is 11.5 Å². The van der Waals surface area contributed by atoms with Crippen LogP contribution >= 0.6 is 0 Å². The van der Waals surface area contributed by atoms with E-state index in [0.717, 1.165) is 48.6 Å². The van der Waals surface area contributed by atoms with Crippen molar-refractivity contribution in [1.29, 1.82) is 0 Å². The van der Waals surface area contributed by atoms with Crippen LogP contribution in [0, 0.1) is 11.7 Å². The molecule has 0 radical (unpaired) electrons. The van der Waals surface area contributed by atoms with E-state index in [1.165, 1.54) is 37.8 Å². The average Bonchev–Trinajstić information content (AvgIpc) is 3.26. The predicted octanol–water partition coefficient (Wildman–Crippen LogP) is 3.97. The minimum Gasteiger partial charge on any atom is -0.493 e. The first-order valence-corrected chi connectivity index (χ1v) is 11.6. The maximum atomic E-state index is 13.3. The van der Waals surface area contributed by atoms with Gasteiger partial charge in [-0.25, -0.2) is 14.4 Å². The van der Waals surface area contributed by atoms with Gasteiger partial charge in [0.15, 0.2) is 11.5 Å². The first-order chi connectivity index (χ1) is 16.2. The maximum absolute atomic E-state index is 13.3. The Morgan fingerprint density at radius 2 is 2.03 bits per heavy atom. The Labute approximate surface area is 193 Å². The molecule has 0 spiro atoms. The Morgan fingerprint density at radius 1 is 1.15 bits per heavy atom. The van der Waals surface area contributed by atoms with Crippen LogP contribution < -0.4 is 20.1 Å². The number of anilines is 2. The van der Waals surface area contributed by atoms with Gasteiger partial charge in [0, 0.05) is 36.3 Å². The van der Waals surface area contributed by atoms with Crippen LogP contribution in [0.2, 0.25) is 0 Å². The minimum atomic E-state index is -0.280. The fraction of sp³-hybridized carbons (Fsp3) is 0.440. The standard InChI is InChI=1S/C25H30FN5O2/c1-32-23-14-21-20(25(29-16-28-21)30-19-5-3-18(26)4-6-19)13-24(23)33-12-2-10-31-11-8-17-7-9-27-15-22(17)31/h3-6,13-14,16-17,22,27H,2,7-12,15H2,1H3,(H,28,29,30). The molecule has 2 aliphatic heterocycles. The summed E-state index contributed by atoms with van der Waals surface area (Å²) in [7, 11) is 1.63. The van der Waals surface area contributed by atoms with Gasteiger partial charge in [-0.15, -0.1) is 0 Å². The lowest BCUT2D eigenvalue weighted by Crippen LogP contribution is -2.46. The molecule has 3 heterocycles. The fourth-order valence-corrected chi connectivity index (χ4v) is 4.99. The summed E-state index contributed by atoms with van der Waals surface area (Å²) in [6.07, 6.45) is 5.06. The highest BCUT2D eigenvalue weighted by Gasteiger charge is 2.35. The van der Waals surface area contributed by atoms with E-state index in [-0.39, 0.29) is 5.82 Å². The summed E-state index contributed by atoms with van der Waals surface area (Å²) in [5.74, 6) is 2.51. The van der Waals surface area contributed by atoms with Gasteiger partial charge in [0.05, 0.1) is 19.2 Å². The van der Waals surface area contributed by atoms with Gasteiger partial charge in [0.25, 0.3) is 0 Å². The number of fused-ring (bicyclic) bond motifs is 2. The first kappa shape index (κ1) is 21.9. The molecule has 2 N–H and O–H groups in total. The first-order valence-electron chi connectivity index (χ1n) is 11.6. The largest absolute Gasteiger partial charge is 0.493 e. The molecule has 7 nitrogen and oxygen atoms in total. The van der Waals surface area contributed by atoms with Crippen molar-refractivity contribution in [3.63, 3.8) is 0 Å². The van der Waals surface area contributed by atoms with Crippen LogP contribution in [0.3, 0.4) is 0 Å². The van der Waals surface area contributed by atoms with Gasteiger partial charge >= 0.3 is 0 Å². The number of ether oxygens (including phenoxy) is 2. The van der Waals surface area contributed by atoms with E-state index in [0.29, 0.717) is 30.0 Å². The highest BCUT2D eigenvalue weighted by atomic mass is 19.1. The quantitative estimate of drug-likeness (QED) is 0.502. The number of likely N-dealkylation sites (tertiary alicyclic amines) is 1. The zero-order chi connectivity index (χ0) is 22.6. The third-order valence-electron chi connectivity index (χ3n) is 6.72. The van der Waals surface area contributed by atoms with E-state index in [9.17, 15) is 4.39 Å². The van der Waals surface area contributed by atoms with Gasteiger partial charge in [0.2, 0.25) is 0 Å². The molecule has 33 heavy (non-hydrogen) atoms. The van der Waals surface area contributed by atoms with E-state index in [4.69, 9.17) is 9.47 Å². The zero-order valence-electron chi connectivity index (χ0n) is 18.9. The van der Waals surface area contributed by atoms with Gasteiger partial charge in [0.1, 0.15) is 18.0 Å². The monoisotopic (exact) mass is 451 g/mol. The van der Waals surface area contributed by atoms with Gasteiger partial charge in [-0.05, 0) is 68.6 Å². The normalized spacial score (nSPS) is 20.5. The summed E-state index contributed by atoms with van der Waals surface area (Å²) in [6, 6.07) is 10.6. The van der Waals surface area contributed by atoms with Crippen molar-refractivity contribution in [2.75, 3.05) is 45.2 Å². The Hall–Kier alpha value is -2.97. The molecule has 2 fully saturated rings. The van der Waals surface area contributed by atoms with Crippen molar-refractivity contribution >= 4 is 22.4 Å². The van der Waals surface area contributed by atoms with Crippen LogP contribution in [0.15, 0.2) is 42.7 Å². The number of aromatic nitrogens is 2. The highest BCUT2D eigenvalue weighted by molar-refractivity contribution is 5.93. The molecule has 2 saturated heterocycles. The number of nitrogens with zero attached hydrogens (tertiary/aromatic N) is 3. The van der Waals surface area contributed by atoms with Gasteiger partial charge in [-0.1, -0.05) is 0 Å². The third-order valence-corrected chi connectivity index (χ3v) is 6.72. The van der Waals surface area contributed by atoms with Crippen LogP contribution in [0.4, 0.5) is 15.9 Å². The van der Waals surface area contributed by atoms with E-state index in [1.54, 1.807) is 19.2 Å². The van der Waals surface area contributed by atoms with Gasteiger partial charge in [-0.3, -0.25) is 4.90 Å². The Morgan fingerprint density at radius 3 is 2.88 bits per heavy atom. The van der Waals surface area contributed by atoms with Crippen LogP contribution in [0.25, 0.3) is 10.9 Å². The van der Waals surface area contributed by atoms with Crippen LogP contribution in [0.5, 0.6) is 11.5 Å². The number of piperidine rings is 1. The molecule has 3 aromatic rings. The van der Waals surface area contributed by atoms with Crippen molar-refractivity contribution in [3.05, 3.63) is 48.5 Å². The zero-order valence-corrected chi connectivity index (χ0v) is 18.9. The molecule has 1 aromatic heterocycles. The summed E-state index contributed by atoms with van der Waals surface area (Å²) in [5.41, 5.74) is 1.49. The lowest BCUT2D eigenvalue weighted by Gasteiger charge is -2.32. The SMILES string of the molecule is COc1cc2ncnc(Nc3ccc(F)cc3)c2cc1OCCCN1CCC2CCNCC21. The van der Waals surface area contributed by atoms with Crippen molar-refractivity contribution in [2.24, 2.45) is 5.92 Å². The minimum absolute atomic E-state index is 0.280. The lowest BCUT2D eigenvalue weighted by atomic mass is 9.93. The molecule has 174 valence electrons. The van der Waals surface area contributed by atoms with Gasteiger partial charge < -0.3 is 20.1 Å². The summed E-state index contributed by atoms with van der Waals surface area (Å²) < 4.78 is 25.0. The van der Waals surface area contributed by atoms with Crippen molar-refractivity contribution in [2.45, 2.75) is 25.3 Å². The lowest BCUT2D eigenvalue weighted by molar-refractivity contribution is 0.179. The number of methoxy groups -OCH3 is 1. The smallest absolute Gasteiger partial charge is 0.162 e. The van der Waals surface area contributed by atoms with E-state index in [2.05, 4.69) is 25.5 Å². The van der Waals surface area contributed by atoms with E-state index >= 15 is 0 Å². The number of nitrogens with one attached hydrogen (secondary N) is 2. The van der Waals surface area contributed by atoms with Crippen molar-refractivity contribution in [1.82, 2.24) is 20.2 Å². The molecule has 0 aliphatic carbocycles. The topological polar surface area (TPSA) is 71.5 Å². The number of hydrogen-bond donors (Lipinski definition) is 2. The molecule has 0 amide bonds. The molecule has 5 rings (SSSR count). The molecular formula is C25H30FN5O2. The highest BCUT2D eigenvalue weighted by Crippen LogP contribution is 2.35. The van der Waals surface area contributed by atoms with E-state index in [1.807, 2.05) is 12.1 Å². The van der Waals surface area contributed by atoms with Crippen molar-refractivity contribution < 1.29 is 13.9 Å². The molecule has 0 bridgehead atoms. The molecule has 2 atom stereocenters. The fourth-order valence-electron chi connectivity index (χ4n) is 4.99. The summed E-state index contributed by atoms with van der Waals surface area (Å²) in [6.45, 7) is 5.10. The van der Waals surface area contributed by atoms with E-state index < -0.39 is 0 Å². The van der Waals surface area contributed by atoms with Crippen LogP contribution in [0.1, 0.15) is 19.3 Å². The molecule has 0 saturated carbocycles. The molecule has 2 aliphatic rings. The summed E-state index contributed by atoms with van der Waals surface area (Å²) in [4.78, 5) is 11.4. The van der Waals surface area contributed by atoms with Crippen LogP contribution in [-0.2, 0) is 0 Å². The number of benzene rings is 2. The van der Waals surface area contributed by atoms with Gasteiger partial charge in [-0.2, -0.15) is 0 Å². The average molecular weight is 452 g/mol. The third kappa shape index (κ3) is 4.86. The predicted molar refractivity (Wildman–Crippen MR) is 127 cm³/mol. The Bertz CT molecular complexity index is 1090. The second kappa shape index (κ2) is 9.89. The molecule has 8 heteroatoms. The summed E-state index contributed by atoms with van der Waals surface area (Å²) in [5, 5.41) is 7.59. The molecular weight excluding hydrogens is 421 g/mol. The Balaban J connectivity index is 1.27. The van der Waals surface area contributed by atoms with Crippen LogP contribution in [-0.4, -0.2) is 60.8 Å². The number of hydrogen-bond acceptors (Lipinski definition) is 7. The number of rotatable bonds is 8. The molecule has 2 unspecified atom stereocenters. The summed E-state index contributed by atoms with van der Waals surface area (Å²) >= 11 is 0. The second-order valence-electron chi connectivity index (χ2n) is 8.72.